The number of hydrogen-bond donors (Lipinski definition) is 0. The van der Waals surface area contributed by atoms with Gasteiger partial charge in [-0.15, -0.1) is 0 Å². The first-order chi connectivity index (χ1) is 9.83. The van der Waals surface area contributed by atoms with E-state index in [1.54, 1.807) is 0 Å². The van der Waals surface area contributed by atoms with Crippen molar-refractivity contribution in [1.29, 1.82) is 0 Å². The van der Waals surface area contributed by atoms with Gasteiger partial charge < -0.3 is 4.90 Å². The van der Waals surface area contributed by atoms with Crippen LogP contribution in [0.4, 0.5) is 5.69 Å². The Hall–Kier alpha value is -2.09. The van der Waals surface area contributed by atoms with E-state index in [2.05, 4.69) is 60.1 Å². The molecule has 0 bridgehead atoms. The molecule has 0 atom stereocenters. The molecule has 0 spiro atoms. The van der Waals surface area contributed by atoms with Crippen LogP contribution in [-0.2, 0) is 6.54 Å². The SMILES string of the molecule is CCN(CC)c1ccc(C=NCc2ccccc2)cc1. The van der Waals surface area contributed by atoms with Gasteiger partial charge in [0.2, 0.25) is 0 Å². The number of anilines is 1. The van der Waals surface area contributed by atoms with Crippen LogP contribution < -0.4 is 4.90 Å². The van der Waals surface area contributed by atoms with E-state index >= 15 is 0 Å². The molecule has 104 valence electrons. The van der Waals surface area contributed by atoms with Crippen LogP contribution >= 0.6 is 0 Å². The van der Waals surface area contributed by atoms with Gasteiger partial charge in [-0.05, 0) is 37.1 Å². The highest BCUT2D eigenvalue weighted by Crippen LogP contribution is 2.14. The molecular weight excluding hydrogens is 244 g/mol. The van der Waals surface area contributed by atoms with Crippen molar-refractivity contribution in [2.75, 3.05) is 18.0 Å². The van der Waals surface area contributed by atoms with E-state index in [-0.39, 0.29) is 0 Å². The monoisotopic (exact) mass is 266 g/mol. The van der Waals surface area contributed by atoms with Crippen molar-refractivity contribution >= 4 is 11.9 Å². The average Bonchev–Trinajstić information content (AvgIpc) is 2.51. The van der Waals surface area contributed by atoms with Crippen molar-refractivity contribution in [2.24, 2.45) is 4.99 Å². The molecule has 20 heavy (non-hydrogen) atoms. The first-order valence-electron chi connectivity index (χ1n) is 7.22. The Labute approximate surface area is 121 Å². The third kappa shape index (κ3) is 3.95. The highest BCUT2D eigenvalue weighted by atomic mass is 15.1. The zero-order chi connectivity index (χ0) is 14.2. The quantitative estimate of drug-likeness (QED) is 0.717. The van der Waals surface area contributed by atoms with Crippen molar-refractivity contribution in [3.05, 3.63) is 65.7 Å². The van der Waals surface area contributed by atoms with Crippen molar-refractivity contribution in [3.63, 3.8) is 0 Å². The summed E-state index contributed by atoms with van der Waals surface area (Å²) >= 11 is 0. The molecule has 0 N–H and O–H groups in total. The average molecular weight is 266 g/mol. The third-order valence-electron chi connectivity index (χ3n) is 3.38. The molecule has 2 heteroatoms. The molecule has 0 radical (unpaired) electrons. The lowest BCUT2D eigenvalue weighted by Gasteiger charge is -2.20. The van der Waals surface area contributed by atoms with Crippen molar-refractivity contribution in [2.45, 2.75) is 20.4 Å². The van der Waals surface area contributed by atoms with E-state index in [4.69, 9.17) is 0 Å². The predicted octanol–water partition coefficient (Wildman–Crippen LogP) is 4.15. The minimum atomic E-state index is 0.735. The van der Waals surface area contributed by atoms with E-state index in [9.17, 15) is 0 Å². The van der Waals surface area contributed by atoms with Gasteiger partial charge in [-0.3, -0.25) is 4.99 Å². The second-order valence-electron chi connectivity index (χ2n) is 4.72. The van der Waals surface area contributed by atoms with Crippen LogP contribution in [0, 0.1) is 0 Å². The summed E-state index contributed by atoms with van der Waals surface area (Å²) in [7, 11) is 0. The lowest BCUT2D eigenvalue weighted by atomic mass is 10.2. The summed E-state index contributed by atoms with van der Waals surface area (Å²) in [5.41, 5.74) is 3.66. The third-order valence-corrected chi connectivity index (χ3v) is 3.38. The van der Waals surface area contributed by atoms with Crippen LogP contribution in [0.25, 0.3) is 0 Å². The second kappa shape index (κ2) is 7.49. The van der Waals surface area contributed by atoms with Crippen LogP contribution in [0.3, 0.4) is 0 Å². The van der Waals surface area contributed by atoms with Gasteiger partial charge in [0.1, 0.15) is 0 Å². The fraction of sp³-hybridized carbons (Fsp3) is 0.278. The number of rotatable bonds is 6. The van der Waals surface area contributed by atoms with Crippen molar-refractivity contribution in [3.8, 4) is 0 Å². The Morgan fingerprint density at radius 2 is 1.55 bits per heavy atom. The maximum atomic E-state index is 4.49. The van der Waals surface area contributed by atoms with E-state index in [1.165, 1.54) is 11.3 Å². The van der Waals surface area contributed by atoms with Gasteiger partial charge in [-0.25, -0.2) is 0 Å². The Kier molecular flexibility index (Phi) is 5.36. The Morgan fingerprint density at radius 1 is 0.900 bits per heavy atom. The fourth-order valence-corrected chi connectivity index (χ4v) is 2.20. The summed E-state index contributed by atoms with van der Waals surface area (Å²) in [6, 6.07) is 18.9. The molecule has 0 amide bonds. The van der Waals surface area contributed by atoms with Gasteiger partial charge in [0, 0.05) is 25.0 Å². The number of nitrogens with zero attached hydrogens (tertiary/aromatic N) is 2. The van der Waals surface area contributed by atoms with E-state index in [0.717, 1.165) is 25.2 Å². The molecule has 0 saturated heterocycles. The highest BCUT2D eigenvalue weighted by Gasteiger charge is 2.00. The Bertz CT molecular complexity index is 525. The van der Waals surface area contributed by atoms with Gasteiger partial charge >= 0.3 is 0 Å². The standard InChI is InChI=1S/C18H22N2/c1-3-20(4-2)18-12-10-17(11-13-18)15-19-14-16-8-6-5-7-9-16/h5-13,15H,3-4,14H2,1-2H3. The molecule has 0 unspecified atom stereocenters. The van der Waals surface area contributed by atoms with E-state index < -0.39 is 0 Å². The first kappa shape index (κ1) is 14.3. The predicted molar refractivity (Wildman–Crippen MR) is 87.7 cm³/mol. The van der Waals surface area contributed by atoms with Gasteiger partial charge in [-0.2, -0.15) is 0 Å². The minimum absolute atomic E-state index is 0.735. The number of benzene rings is 2. The first-order valence-corrected chi connectivity index (χ1v) is 7.22. The van der Waals surface area contributed by atoms with Gasteiger partial charge in [0.15, 0.2) is 0 Å². The van der Waals surface area contributed by atoms with Crippen LogP contribution in [0.2, 0.25) is 0 Å². The summed E-state index contributed by atoms with van der Waals surface area (Å²) in [5.74, 6) is 0. The van der Waals surface area contributed by atoms with Crippen LogP contribution in [0.1, 0.15) is 25.0 Å². The molecule has 2 nitrogen and oxygen atoms in total. The molecule has 0 saturated carbocycles. The van der Waals surface area contributed by atoms with Gasteiger partial charge in [-0.1, -0.05) is 42.5 Å². The van der Waals surface area contributed by atoms with Gasteiger partial charge in [0.05, 0.1) is 6.54 Å². The molecule has 0 heterocycles. The van der Waals surface area contributed by atoms with E-state index in [0.29, 0.717) is 0 Å². The second-order valence-corrected chi connectivity index (χ2v) is 4.72. The molecule has 2 aromatic rings. The lowest BCUT2D eigenvalue weighted by molar-refractivity contribution is 0.866. The Morgan fingerprint density at radius 3 is 2.15 bits per heavy atom. The highest BCUT2D eigenvalue weighted by molar-refractivity contribution is 5.80. The van der Waals surface area contributed by atoms with Crippen LogP contribution in [0.5, 0.6) is 0 Å². The maximum absolute atomic E-state index is 4.49. The molecule has 0 aliphatic heterocycles. The molecule has 0 fully saturated rings. The van der Waals surface area contributed by atoms with Crippen molar-refractivity contribution in [1.82, 2.24) is 0 Å². The maximum Gasteiger partial charge on any atom is 0.0639 e. The topological polar surface area (TPSA) is 15.6 Å². The lowest BCUT2D eigenvalue weighted by Crippen LogP contribution is -2.21. The zero-order valence-corrected chi connectivity index (χ0v) is 12.3. The van der Waals surface area contributed by atoms with Crippen molar-refractivity contribution < 1.29 is 0 Å². The normalized spacial score (nSPS) is 10.9. The van der Waals surface area contributed by atoms with E-state index in [1.807, 2.05) is 24.4 Å². The van der Waals surface area contributed by atoms with Crippen LogP contribution in [0.15, 0.2) is 59.6 Å². The molecule has 2 aromatic carbocycles. The summed E-state index contributed by atoms with van der Waals surface area (Å²) in [5, 5.41) is 0. The fourth-order valence-electron chi connectivity index (χ4n) is 2.20. The number of aliphatic imine (C=N–C) groups is 1. The largest absolute Gasteiger partial charge is 0.372 e. The minimum Gasteiger partial charge on any atom is -0.372 e. The molecule has 0 aliphatic rings. The molecule has 0 aromatic heterocycles. The number of hydrogen-bond acceptors (Lipinski definition) is 2. The van der Waals surface area contributed by atoms with Gasteiger partial charge in [0.25, 0.3) is 0 Å². The summed E-state index contributed by atoms with van der Waals surface area (Å²) in [4.78, 5) is 6.83. The van der Waals surface area contributed by atoms with Crippen LogP contribution in [-0.4, -0.2) is 19.3 Å². The smallest absolute Gasteiger partial charge is 0.0639 e. The summed E-state index contributed by atoms with van der Waals surface area (Å²) < 4.78 is 0. The molecule has 0 aliphatic carbocycles. The Balaban J connectivity index is 1.97. The molecule has 2 rings (SSSR count). The summed E-state index contributed by atoms with van der Waals surface area (Å²) in [6.45, 7) is 7.17. The molecular formula is C18H22N2. The summed E-state index contributed by atoms with van der Waals surface area (Å²) in [6.07, 6.45) is 1.94. The zero-order valence-electron chi connectivity index (χ0n) is 12.3.